The number of carbonyl (C=O) groups is 1. The Morgan fingerprint density at radius 3 is 2.58 bits per heavy atom. The van der Waals surface area contributed by atoms with Gasteiger partial charge < -0.3 is 10.2 Å². The minimum atomic E-state index is -1.34. The van der Waals surface area contributed by atoms with Gasteiger partial charge in [-0.2, -0.15) is 0 Å². The average Bonchev–Trinajstić information content (AvgIpc) is 2.39. The monoisotopic (exact) mass is 264 g/mol. The van der Waals surface area contributed by atoms with Crippen LogP contribution in [0.1, 0.15) is 27.8 Å². The van der Waals surface area contributed by atoms with E-state index in [9.17, 15) is 14.3 Å². The molecule has 0 radical (unpaired) electrons. The Morgan fingerprint density at radius 2 is 2.00 bits per heavy atom. The molecule has 0 aliphatic heterocycles. The smallest absolute Gasteiger partial charge is 0.338 e. The summed E-state index contributed by atoms with van der Waals surface area (Å²) < 4.78 is 13.4. The number of benzene rings is 1. The molecule has 0 fully saturated rings. The molecule has 19 heavy (non-hydrogen) atoms. The molecule has 0 saturated heterocycles. The number of nitrogens with zero attached hydrogens (tertiary/aromatic N) is 4. The average molecular weight is 264 g/mol. The molecule has 1 aromatic carbocycles. The van der Waals surface area contributed by atoms with E-state index in [4.69, 9.17) is 5.11 Å². The number of aliphatic hydroxyl groups excluding tert-OH is 1. The van der Waals surface area contributed by atoms with Gasteiger partial charge >= 0.3 is 5.97 Å². The van der Waals surface area contributed by atoms with E-state index in [1.165, 1.54) is 6.07 Å². The van der Waals surface area contributed by atoms with E-state index in [0.717, 1.165) is 18.5 Å². The van der Waals surface area contributed by atoms with Gasteiger partial charge in [0.05, 0.1) is 5.56 Å². The summed E-state index contributed by atoms with van der Waals surface area (Å²) in [5.74, 6) is -2.18. The Bertz CT molecular complexity index is 594. The fraction of sp³-hybridized carbons (Fsp3) is 0.182. The van der Waals surface area contributed by atoms with E-state index in [0.29, 0.717) is 5.56 Å². The molecular formula is C11H9FN4O3. The van der Waals surface area contributed by atoms with Crippen molar-refractivity contribution in [2.24, 2.45) is 0 Å². The van der Waals surface area contributed by atoms with Gasteiger partial charge in [-0.05, 0) is 17.7 Å². The molecule has 2 rings (SSSR count). The largest absolute Gasteiger partial charge is 0.478 e. The van der Waals surface area contributed by atoms with Gasteiger partial charge in [0.2, 0.25) is 5.82 Å². The molecule has 0 amide bonds. The van der Waals surface area contributed by atoms with Gasteiger partial charge in [0, 0.05) is 6.42 Å². The predicted octanol–water partition coefficient (Wildman–Crippen LogP) is 0.380. The zero-order valence-corrected chi connectivity index (χ0v) is 9.56. The highest BCUT2D eigenvalue weighted by Gasteiger charge is 2.15. The van der Waals surface area contributed by atoms with Crippen molar-refractivity contribution in [3.05, 3.63) is 47.3 Å². The Morgan fingerprint density at radius 1 is 1.32 bits per heavy atom. The van der Waals surface area contributed by atoms with Gasteiger partial charge in [0.25, 0.3) is 0 Å². The quantitative estimate of drug-likeness (QED) is 0.821. The molecule has 0 bridgehead atoms. The maximum atomic E-state index is 13.4. The van der Waals surface area contributed by atoms with Gasteiger partial charge in [-0.1, -0.05) is 6.07 Å². The van der Waals surface area contributed by atoms with Crippen molar-refractivity contribution in [2.75, 3.05) is 0 Å². The van der Waals surface area contributed by atoms with Crippen LogP contribution >= 0.6 is 0 Å². The van der Waals surface area contributed by atoms with Crippen LogP contribution < -0.4 is 0 Å². The number of carboxylic acid groups (broad SMARTS) is 1. The fourth-order valence-corrected chi connectivity index (χ4v) is 1.52. The van der Waals surface area contributed by atoms with Crippen LogP contribution in [0.3, 0.4) is 0 Å². The molecule has 2 aromatic rings. The lowest BCUT2D eigenvalue weighted by Gasteiger charge is -2.08. The number of carboxylic acids is 1. The maximum Gasteiger partial charge on any atom is 0.338 e. The number of hydrogen-bond donors (Lipinski definition) is 2. The minimum Gasteiger partial charge on any atom is -0.478 e. The van der Waals surface area contributed by atoms with E-state index >= 15 is 0 Å². The second kappa shape index (κ2) is 5.44. The Kier molecular flexibility index (Phi) is 3.71. The van der Waals surface area contributed by atoms with Crippen molar-refractivity contribution >= 4 is 5.97 Å². The van der Waals surface area contributed by atoms with Crippen LogP contribution in [0, 0.1) is 5.82 Å². The summed E-state index contributed by atoms with van der Waals surface area (Å²) in [5, 5.41) is 32.6. The Hall–Kier alpha value is -2.48. The Balaban J connectivity index is 2.16. The molecule has 0 aliphatic rings. The zero-order valence-electron chi connectivity index (χ0n) is 9.56. The van der Waals surface area contributed by atoms with E-state index in [1.54, 1.807) is 0 Å². The second-order valence-electron chi connectivity index (χ2n) is 3.74. The number of hydrogen-bond acceptors (Lipinski definition) is 6. The van der Waals surface area contributed by atoms with Crippen LogP contribution in [0.2, 0.25) is 0 Å². The van der Waals surface area contributed by atoms with Crippen LogP contribution in [0.4, 0.5) is 4.39 Å². The highest BCUT2D eigenvalue weighted by molar-refractivity contribution is 5.87. The van der Waals surface area contributed by atoms with Crippen LogP contribution in [-0.2, 0) is 6.42 Å². The highest BCUT2D eigenvalue weighted by atomic mass is 19.1. The lowest BCUT2D eigenvalue weighted by atomic mass is 10.0. The number of aliphatic hydroxyl groups is 1. The summed E-state index contributed by atoms with van der Waals surface area (Å²) in [4.78, 5) is 10.7. The van der Waals surface area contributed by atoms with Gasteiger partial charge in [-0.25, -0.2) is 9.18 Å². The molecule has 2 N–H and O–H groups in total. The molecule has 7 nitrogen and oxygen atoms in total. The zero-order chi connectivity index (χ0) is 13.8. The molecule has 0 saturated carbocycles. The Labute approximate surface area is 106 Å². The molecule has 1 atom stereocenters. The second-order valence-corrected chi connectivity index (χ2v) is 3.74. The van der Waals surface area contributed by atoms with Crippen molar-refractivity contribution in [1.29, 1.82) is 0 Å². The summed E-state index contributed by atoms with van der Waals surface area (Å²) in [5.41, 5.74) is -0.0000118. The molecule has 1 heterocycles. The van der Waals surface area contributed by atoms with E-state index in [-0.39, 0.29) is 12.2 Å². The van der Waals surface area contributed by atoms with E-state index in [1.807, 2.05) is 0 Å². The van der Waals surface area contributed by atoms with Crippen molar-refractivity contribution in [3.8, 4) is 0 Å². The van der Waals surface area contributed by atoms with Crippen LogP contribution in [0.25, 0.3) is 0 Å². The van der Waals surface area contributed by atoms with Crippen molar-refractivity contribution in [2.45, 2.75) is 12.5 Å². The van der Waals surface area contributed by atoms with E-state index in [2.05, 4.69) is 20.4 Å². The van der Waals surface area contributed by atoms with Crippen molar-refractivity contribution in [1.82, 2.24) is 20.4 Å². The van der Waals surface area contributed by atoms with Crippen LogP contribution in [0.15, 0.2) is 24.5 Å². The molecule has 0 aliphatic carbocycles. The first-order valence-electron chi connectivity index (χ1n) is 5.28. The number of aromatic carboxylic acids is 1. The van der Waals surface area contributed by atoms with Crippen molar-refractivity contribution in [3.63, 3.8) is 0 Å². The SMILES string of the molecule is O=C(O)c1ccc(CC(O)c2nncnn2)cc1F. The highest BCUT2D eigenvalue weighted by Crippen LogP contribution is 2.16. The lowest BCUT2D eigenvalue weighted by molar-refractivity contribution is 0.0692. The van der Waals surface area contributed by atoms with Crippen molar-refractivity contribution < 1.29 is 19.4 Å². The number of rotatable bonds is 4. The molecule has 1 unspecified atom stereocenters. The molecule has 0 spiro atoms. The summed E-state index contributed by atoms with van der Waals surface area (Å²) in [6, 6.07) is 3.61. The van der Waals surface area contributed by atoms with E-state index < -0.39 is 23.5 Å². The third-order valence-corrected chi connectivity index (χ3v) is 2.41. The molecule has 8 heteroatoms. The first-order valence-corrected chi connectivity index (χ1v) is 5.28. The molecular weight excluding hydrogens is 255 g/mol. The third-order valence-electron chi connectivity index (χ3n) is 2.41. The van der Waals surface area contributed by atoms with Crippen LogP contribution in [-0.4, -0.2) is 36.6 Å². The maximum absolute atomic E-state index is 13.4. The first-order chi connectivity index (χ1) is 9.08. The first kappa shape index (κ1) is 13.0. The number of aromatic nitrogens is 4. The summed E-state index contributed by atoms with van der Waals surface area (Å²) in [6.45, 7) is 0. The van der Waals surface area contributed by atoms with Gasteiger partial charge in [0.15, 0.2) is 6.33 Å². The van der Waals surface area contributed by atoms with Gasteiger partial charge in [-0.3, -0.25) is 0 Å². The standard InChI is InChI=1S/C11H9FN4O3/c12-8-3-6(1-2-7(8)11(18)19)4-9(17)10-15-13-5-14-16-10/h1-3,5,9,17H,4H2,(H,18,19). The molecule has 98 valence electrons. The normalized spacial score (nSPS) is 12.1. The predicted molar refractivity (Wildman–Crippen MR) is 59.6 cm³/mol. The third kappa shape index (κ3) is 3.05. The van der Waals surface area contributed by atoms with Gasteiger partial charge in [-0.15, -0.1) is 20.4 Å². The summed E-state index contributed by atoms with van der Waals surface area (Å²) in [6.07, 6.45) is 0.0677. The number of halogens is 1. The topological polar surface area (TPSA) is 109 Å². The molecule has 1 aromatic heterocycles. The van der Waals surface area contributed by atoms with Crippen LogP contribution in [0.5, 0.6) is 0 Å². The minimum absolute atomic E-state index is 0.0187. The van der Waals surface area contributed by atoms with Gasteiger partial charge in [0.1, 0.15) is 11.9 Å². The summed E-state index contributed by atoms with van der Waals surface area (Å²) >= 11 is 0. The fourth-order valence-electron chi connectivity index (χ4n) is 1.52. The summed E-state index contributed by atoms with van der Waals surface area (Å²) in [7, 11) is 0. The lowest BCUT2D eigenvalue weighted by Crippen LogP contribution is -2.09.